The minimum atomic E-state index is -0.675. The third-order valence-corrected chi connectivity index (χ3v) is 2.66. The largest absolute Gasteiger partial charge is 0.368 e. The van der Waals surface area contributed by atoms with Crippen molar-refractivity contribution in [2.75, 3.05) is 12.4 Å². The zero-order chi connectivity index (χ0) is 14.6. The molecule has 6 nitrogen and oxygen atoms in total. The van der Waals surface area contributed by atoms with Gasteiger partial charge in [-0.2, -0.15) is 0 Å². The molecule has 0 fully saturated rings. The molecule has 1 amide bonds. The van der Waals surface area contributed by atoms with Crippen LogP contribution >= 0.6 is 0 Å². The average molecular weight is 269 g/mol. The molecule has 1 aromatic rings. The maximum absolute atomic E-state index is 13.2. The summed E-state index contributed by atoms with van der Waals surface area (Å²) in [5.74, 6) is -1.02. The maximum Gasteiger partial charge on any atom is 0.292 e. The van der Waals surface area contributed by atoms with Crippen LogP contribution in [0.5, 0.6) is 0 Å². The number of carbonyl (C=O) groups is 1. The first kappa shape index (κ1) is 14.9. The van der Waals surface area contributed by atoms with Crippen molar-refractivity contribution >= 4 is 17.3 Å². The van der Waals surface area contributed by atoms with E-state index in [0.29, 0.717) is 0 Å². The summed E-state index contributed by atoms with van der Waals surface area (Å²) in [6, 6.07) is 2.41. The zero-order valence-electron chi connectivity index (χ0n) is 10.9. The van der Waals surface area contributed by atoms with Crippen molar-refractivity contribution in [3.05, 3.63) is 34.1 Å². The summed E-state index contributed by atoms with van der Waals surface area (Å²) < 4.78 is 13.2. The predicted octanol–water partition coefficient (Wildman–Crippen LogP) is 1.92. The number of nitro groups is 1. The van der Waals surface area contributed by atoms with Crippen LogP contribution in [-0.2, 0) is 4.79 Å². The van der Waals surface area contributed by atoms with E-state index in [1.807, 2.05) is 0 Å². The summed E-state index contributed by atoms with van der Waals surface area (Å²) in [6.07, 6.45) is 0. The number of hydrogen-bond acceptors (Lipinski definition) is 4. The Morgan fingerprint density at radius 2 is 2.05 bits per heavy atom. The number of nitrogens with zero attached hydrogens (tertiary/aromatic N) is 1. The molecule has 0 aromatic heterocycles. The molecule has 0 saturated heterocycles. The molecule has 0 spiro atoms. The summed E-state index contributed by atoms with van der Waals surface area (Å²) >= 11 is 0. The predicted molar refractivity (Wildman–Crippen MR) is 69.4 cm³/mol. The molecule has 0 bridgehead atoms. The second-order valence-corrected chi connectivity index (χ2v) is 4.40. The highest BCUT2D eigenvalue weighted by Crippen LogP contribution is 2.26. The summed E-state index contributed by atoms with van der Waals surface area (Å²) in [5.41, 5.74) is -0.275. The number of hydrogen-bond donors (Lipinski definition) is 2. The van der Waals surface area contributed by atoms with Crippen LogP contribution < -0.4 is 10.6 Å². The van der Waals surface area contributed by atoms with Gasteiger partial charge in [-0.1, -0.05) is 13.8 Å². The van der Waals surface area contributed by atoms with Gasteiger partial charge in [0.2, 0.25) is 5.91 Å². The zero-order valence-corrected chi connectivity index (χ0v) is 10.9. The summed E-state index contributed by atoms with van der Waals surface area (Å²) in [6.45, 7) is 3.58. The van der Waals surface area contributed by atoms with E-state index < -0.39 is 16.8 Å². The second kappa shape index (κ2) is 6.12. The number of rotatable bonds is 5. The summed E-state index contributed by atoms with van der Waals surface area (Å²) in [5, 5.41) is 16.1. The van der Waals surface area contributed by atoms with E-state index >= 15 is 0 Å². The van der Waals surface area contributed by atoms with Gasteiger partial charge in [0, 0.05) is 19.2 Å². The quantitative estimate of drug-likeness (QED) is 0.631. The molecular formula is C12H16FN3O3. The highest BCUT2D eigenvalue weighted by molar-refractivity contribution is 5.85. The Labute approximate surface area is 110 Å². The smallest absolute Gasteiger partial charge is 0.292 e. The molecule has 0 aliphatic rings. The molecule has 104 valence electrons. The third-order valence-electron chi connectivity index (χ3n) is 2.66. The molecule has 1 unspecified atom stereocenters. The van der Waals surface area contributed by atoms with Gasteiger partial charge in [0.05, 0.1) is 4.92 Å². The Morgan fingerprint density at radius 1 is 1.42 bits per heavy atom. The SMILES string of the molecule is CNC(=O)C(Nc1cc(F)ccc1[N+](=O)[O-])C(C)C. The van der Waals surface area contributed by atoms with Crippen LogP contribution in [0.1, 0.15) is 13.8 Å². The molecule has 1 rings (SSSR count). The highest BCUT2D eigenvalue weighted by atomic mass is 19.1. The van der Waals surface area contributed by atoms with Crippen molar-refractivity contribution in [2.24, 2.45) is 5.92 Å². The minimum absolute atomic E-state index is 0.00713. The fourth-order valence-corrected chi connectivity index (χ4v) is 1.64. The third kappa shape index (κ3) is 3.64. The van der Waals surface area contributed by atoms with E-state index in [9.17, 15) is 19.3 Å². The van der Waals surface area contributed by atoms with Gasteiger partial charge >= 0.3 is 0 Å². The molecule has 1 atom stereocenters. The standard InChI is InChI=1S/C12H16FN3O3/c1-7(2)11(12(17)14-3)15-9-6-8(13)4-5-10(9)16(18)19/h4-7,11,15H,1-3H3,(H,14,17). The Kier molecular flexibility index (Phi) is 4.80. The number of nitrogens with one attached hydrogen (secondary N) is 2. The Bertz CT molecular complexity index is 491. The van der Waals surface area contributed by atoms with Gasteiger partial charge < -0.3 is 10.6 Å². The second-order valence-electron chi connectivity index (χ2n) is 4.40. The number of likely N-dealkylation sites (N-methyl/N-ethyl adjacent to an activating group) is 1. The van der Waals surface area contributed by atoms with Crippen LogP contribution in [0.4, 0.5) is 15.8 Å². The van der Waals surface area contributed by atoms with Crippen molar-refractivity contribution in [1.29, 1.82) is 0 Å². The molecule has 0 aliphatic heterocycles. The molecule has 0 aliphatic carbocycles. The fourth-order valence-electron chi connectivity index (χ4n) is 1.64. The molecule has 0 saturated carbocycles. The molecule has 2 N–H and O–H groups in total. The van der Waals surface area contributed by atoms with Gasteiger partial charge in [-0.25, -0.2) is 4.39 Å². The number of benzene rings is 1. The van der Waals surface area contributed by atoms with E-state index in [1.54, 1.807) is 13.8 Å². The highest BCUT2D eigenvalue weighted by Gasteiger charge is 2.24. The lowest BCUT2D eigenvalue weighted by Crippen LogP contribution is -2.41. The van der Waals surface area contributed by atoms with Gasteiger partial charge in [0.25, 0.3) is 5.69 Å². The normalized spacial score (nSPS) is 12.1. The van der Waals surface area contributed by atoms with Gasteiger partial charge in [-0.3, -0.25) is 14.9 Å². The van der Waals surface area contributed by atoms with Crippen molar-refractivity contribution in [3.63, 3.8) is 0 Å². The van der Waals surface area contributed by atoms with Crippen LogP contribution in [0.15, 0.2) is 18.2 Å². The van der Waals surface area contributed by atoms with Crippen LogP contribution in [0, 0.1) is 21.8 Å². The number of amides is 1. The molecular weight excluding hydrogens is 253 g/mol. The van der Waals surface area contributed by atoms with Crippen molar-refractivity contribution < 1.29 is 14.1 Å². The van der Waals surface area contributed by atoms with E-state index in [2.05, 4.69) is 10.6 Å². The fraction of sp³-hybridized carbons (Fsp3) is 0.417. The number of halogens is 1. The summed E-state index contributed by atoms with van der Waals surface area (Å²) in [4.78, 5) is 21.9. The van der Waals surface area contributed by atoms with Crippen molar-refractivity contribution in [2.45, 2.75) is 19.9 Å². The average Bonchev–Trinajstić information content (AvgIpc) is 2.34. The topological polar surface area (TPSA) is 84.3 Å². The Balaban J connectivity index is 3.11. The first-order valence-electron chi connectivity index (χ1n) is 5.79. The van der Waals surface area contributed by atoms with Crippen LogP contribution in [0.25, 0.3) is 0 Å². The number of anilines is 1. The molecule has 0 radical (unpaired) electrons. The lowest BCUT2D eigenvalue weighted by atomic mass is 10.0. The lowest BCUT2D eigenvalue weighted by Gasteiger charge is -2.21. The van der Waals surface area contributed by atoms with E-state index in [0.717, 1.165) is 18.2 Å². The van der Waals surface area contributed by atoms with Crippen LogP contribution in [-0.4, -0.2) is 23.9 Å². The van der Waals surface area contributed by atoms with Crippen LogP contribution in [0.2, 0.25) is 0 Å². The van der Waals surface area contributed by atoms with E-state index in [4.69, 9.17) is 0 Å². The van der Waals surface area contributed by atoms with Gasteiger partial charge in [-0.05, 0) is 12.0 Å². The van der Waals surface area contributed by atoms with Crippen molar-refractivity contribution in [1.82, 2.24) is 5.32 Å². The Hall–Kier alpha value is -2.18. The first-order valence-corrected chi connectivity index (χ1v) is 5.79. The molecule has 1 aromatic carbocycles. The van der Waals surface area contributed by atoms with Gasteiger partial charge in [0.1, 0.15) is 17.5 Å². The van der Waals surface area contributed by atoms with Crippen molar-refractivity contribution in [3.8, 4) is 0 Å². The lowest BCUT2D eigenvalue weighted by molar-refractivity contribution is -0.384. The maximum atomic E-state index is 13.2. The van der Waals surface area contributed by atoms with Crippen LogP contribution in [0.3, 0.4) is 0 Å². The first-order chi connectivity index (χ1) is 8.86. The van der Waals surface area contributed by atoms with E-state index in [1.165, 1.54) is 7.05 Å². The molecule has 7 heteroatoms. The monoisotopic (exact) mass is 269 g/mol. The molecule has 0 heterocycles. The minimum Gasteiger partial charge on any atom is -0.368 e. The summed E-state index contributed by atoms with van der Waals surface area (Å²) in [7, 11) is 1.47. The van der Waals surface area contributed by atoms with Gasteiger partial charge in [-0.15, -0.1) is 0 Å². The Morgan fingerprint density at radius 3 is 2.53 bits per heavy atom. The number of nitro benzene ring substituents is 1. The number of carbonyl (C=O) groups excluding carboxylic acids is 1. The van der Waals surface area contributed by atoms with Gasteiger partial charge in [0.15, 0.2) is 0 Å². The van der Waals surface area contributed by atoms with E-state index in [-0.39, 0.29) is 23.2 Å². The molecule has 19 heavy (non-hydrogen) atoms.